The highest BCUT2D eigenvalue weighted by atomic mass is 32.2. The topological polar surface area (TPSA) is 132 Å². The smallest absolute Gasteiger partial charge is 0.409 e. The van der Waals surface area contributed by atoms with E-state index in [1.807, 2.05) is 0 Å². The molecule has 0 saturated heterocycles. The molecule has 1 aromatic heterocycles. The van der Waals surface area contributed by atoms with Gasteiger partial charge >= 0.3 is 6.09 Å². The van der Waals surface area contributed by atoms with Gasteiger partial charge in [0.15, 0.2) is 11.6 Å². The van der Waals surface area contributed by atoms with E-state index in [2.05, 4.69) is 15.6 Å². The number of aryl methyl sites for hydroxylation is 1. The molecule has 0 aliphatic carbocycles. The first-order valence-corrected chi connectivity index (χ1v) is 8.59. The fourth-order valence-corrected chi connectivity index (χ4v) is 4.05. The van der Waals surface area contributed by atoms with Gasteiger partial charge in [0, 0.05) is 7.05 Å². The summed E-state index contributed by atoms with van der Waals surface area (Å²) in [5.41, 5.74) is 0.0669. The molecule has 0 bridgehead atoms. The molecule has 11 heteroatoms. The van der Waals surface area contributed by atoms with Gasteiger partial charge in [-0.15, -0.1) is 0 Å². The summed E-state index contributed by atoms with van der Waals surface area (Å²) in [6.45, 7) is 0.488. The standard InChI is InChI=1S/C14H14N4O6S/c1-18-13(9(8-15-18)12-17-24-7-6-23-12)25(21,22)11-5-3-2-4-10(11)16-14(19)20/h2-5,8,16H,6-7H2,1H3,(H,19,20). The van der Waals surface area contributed by atoms with Gasteiger partial charge in [0.25, 0.3) is 5.90 Å². The third-order valence-electron chi connectivity index (χ3n) is 3.35. The number of oxime groups is 1. The molecule has 0 radical (unpaired) electrons. The van der Waals surface area contributed by atoms with Crippen molar-refractivity contribution >= 4 is 27.5 Å². The second-order valence-corrected chi connectivity index (χ2v) is 6.83. The zero-order valence-electron chi connectivity index (χ0n) is 13.0. The average Bonchev–Trinajstić information content (AvgIpc) is 2.98. The second-order valence-electron chi connectivity index (χ2n) is 4.99. The lowest BCUT2D eigenvalue weighted by Crippen LogP contribution is -2.21. The first kappa shape index (κ1) is 16.8. The minimum Gasteiger partial charge on any atom is -0.471 e. The number of nitrogens with one attached hydrogen (secondary N) is 1. The van der Waals surface area contributed by atoms with Gasteiger partial charge < -0.3 is 14.7 Å². The minimum atomic E-state index is -4.12. The highest BCUT2D eigenvalue weighted by Crippen LogP contribution is 2.30. The van der Waals surface area contributed by atoms with E-state index in [9.17, 15) is 13.2 Å². The number of carbonyl (C=O) groups is 1. The molecule has 2 heterocycles. The molecule has 0 fully saturated rings. The quantitative estimate of drug-likeness (QED) is 0.826. The Hall–Kier alpha value is -3.08. The molecule has 1 aromatic carbocycles. The maximum atomic E-state index is 13.1. The van der Waals surface area contributed by atoms with Gasteiger partial charge in [-0.05, 0) is 17.3 Å². The Balaban J connectivity index is 2.15. The third kappa shape index (κ3) is 3.13. The van der Waals surface area contributed by atoms with Crippen molar-refractivity contribution in [2.75, 3.05) is 18.5 Å². The number of carboxylic acid groups (broad SMARTS) is 1. The van der Waals surface area contributed by atoms with Crippen LogP contribution in [0.5, 0.6) is 0 Å². The molecule has 0 unspecified atom stereocenters. The van der Waals surface area contributed by atoms with Crippen molar-refractivity contribution in [2.45, 2.75) is 9.92 Å². The summed E-state index contributed by atoms with van der Waals surface area (Å²) in [7, 11) is -2.67. The van der Waals surface area contributed by atoms with Gasteiger partial charge in [0.1, 0.15) is 6.61 Å². The Labute approximate surface area is 142 Å². The number of benzene rings is 1. The molecular weight excluding hydrogens is 352 g/mol. The molecule has 0 atom stereocenters. The Kier molecular flexibility index (Phi) is 4.31. The van der Waals surface area contributed by atoms with E-state index in [-0.39, 0.29) is 40.3 Å². The second kappa shape index (κ2) is 6.43. The number of rotatable bonds is 4. The third-order valence-corrected chi connectivity index (χ3v) is 5.28. The molecule has 25 heavy (non-hydrogen) atoms. The zero-order chi connectivity index (χ0) is 18.0. The summed E-state index contributed by atoms with van der Waals surface area (Å²) in [6, 6.07) is 5.68. The molecule has 10 nitrogen and oxygen atoms in total. The molecule has 132 valence electrons. The van der Waals surface area contributed by atoms with Crippen molar-refractivity contribution < 1.29 is 27.9 Å². The highest BCUT2D eigenvalue weighted by Gasteiger charge is 2.31. The Morgan fingerprint density at radius 3 is 2.76 bits per heavy atom. The maximum Gasteiger partial charge on any atom is 0.409 e. The summed E-state index contributed by atoms with van der Waals surface area (Å²) in [4.78, 5) is 15.7. The van der Waals surface area contributed by atoms with Gasteiger partial charge in [0.05, 0.1) is 22.3 Å². The highest BCUT2D eigenvalue weighted by molar-refractivity contribution is 7.91. The van der Waals surface area contributed by atoms with E-state index in [4.69, 9.17) is 14.7 Å². The average molecular weight is 366 g/mol. The van der Waals surface area contributed by atoms with E-state index in [1.165, 1.54) is 37.5 Å². The van der Waals surface area contributed by atoms with Gasteiger partial charge in [0.2, 0.25) is 9.84 Å². The Bertz CT molecular complexity index is 950. The molecule has 0 saturated carbocycles. The van der Waals surface area contributed by atoms with Crippen molar-refractivity contribution in [1.82, 2.24) is 9.78 Å². The molecule has 1 aliphatic heterocycles. The lowest BCUT2D eigenvalue weighted by Gasteiger charge is -2.15. The maximum absolute atomic E-state index is 13.1. The van der Waals surface area contributed by atoms with Crippen molar-refractivity contribution in [3.8, 4) is 0 Å². The minimum absolute atomic E-state index is 0.00148. The van der Waals surface area contributed by atoms with Crippen LogP contribution in [0.1, 0.15) is 5.56 Å². The fraction of sp³-hybridized carbons (Fsp3) is 0.214. The van der Waals surface area contributed by atoms with Gasteiger partial charge in [-0.25, -0.2) is 13.2 Å². The summed E-state index contributed by atoms with van der Waals surface area (Å²) in [5, 5.41) is 18.5. The van der Waals surface area contributed by atoms with E-state index in [0.29, 0.717) is 0 Å². The molecule has 0 spiro atoms. The van der Waals surface area contributed by atoms with Crippen LogP contribution in [0.15, 0.2) is 45.5 Å². The Morgan fingerprint density at radius 1 is 1.32 bits per heavy atom. The summed E-state index contributed by atoms with van der Waals surface area (Å²) >= 11 is 0. The Morgan fingerprint density at radius 2 is 2.08 bits per heavy atom. The van der Waals surface area contributed by atoms with Crippen LogP contribution in [0.25, 0.3) is 0 Å². The number of hydrogen-bond acceptors (Lipinski definition) is 7. The molecule has 1 amide bonds. The monoisotopic (exact) mass is 366 g/mol. The van der Waals surface area contributed by atoms with Crippen LogP contribution in [-0.4, -0.2) is 48.5 Å². The zero-order valence-corrected chi connectivity index (χ0v) is 13.9. The SMILES string of the molecule is Cn1ncc(C2=NOCCO2)c1S(=O)(=O)c1ccccc1NC(=O)O. The van der Waals surface area contributed by atoms with Crippen LogP contribution in [0, 0.1) is 0 Å². The molecule has 2 aromatic rings. The number of nitrogens with zero attached hydrogens (tertiary/aromatic N) is 3. The van der Waals surface area contributed by atoms with Gasteiger partial charge in [-0.1, -0.05) is 12.1 Å². The number of para-hydroxylation sites is 1. The molecular formula is C14H14N4O6S. The largest absolute Gasteiger partial charge is 0.471 e. The predicted molar refractivity (Wildman–Crippen MR) is 85.2 cm³/mol. The van der Waals surface area contributed by atoms with Crippen molar-refractivity contribution in [3.63, 3.8) is 0 Å². The van der Waals surface area contributed by atoms with Crippen LogP contribution in [0.2, 0.25) is 0 Å². The van der Waals surface area contributed by atoms with Crippen LogP contribution < -0.4 is 5.32 Å². The fourth-order valence-electron chi connectivity index (χ4n) is 2.35. The van der Waals surface area contributed by atoms with E-state index < -0.39 is 15.9 Å². The van der Waals surface area contributed by atoms with E-state index in [0.717, 1.165) is 4.68 Å². The first-order chi connectivity index (χ1) is 11.9. The predicted octanol–water partition coefficient (Wildman–Crippen LogP) is 1.05. The first-order valence-electron chi connectivity index (χ1n) is 7.10. The normalized spacial score (nSPS) is 14.2. The number of amides is 1. The van der Waals surface area contributed by atoms with Crippen LogP contribution in [0.3, 0.4) is 0 Å². The molecule has 3 rings (SSSR count). The van der Waals surface area contributed by atoms with Gasteiger partial charge in [-0.3, -0.25) is 10.00 Å². The van der Waals surface area contributed by atoms with E-state index in [1.54, 1.807) is 0 Å². The number of sulfone groups is 1. The van der Waals surface area contributed by atoms with Crippen molar-refractivity contribution in [1.29, 1.82) is 0 Å². The van der Waals surface area contributed by atoms with Crippen molar-refractivity contribution in [3.05, 3.63) is 36.0 Å². The van der Waals surface area contributed by atoms with Crippen LogP contribution in [0.4, 0.5) is 10.5 Å². The van der Waals surface area contributed by atoms with Crippen LogP contribution >= 0.6 is 0 Å². The lowest BCUT2D eigenvalue weighted by atomic mass is 10.3. The van der Waals surface area contributed by atoms with Crippen LogP contribution in [-0.2, 0) is 26.5 Å². The number of anilines is 1. The number of aromatic nitrogens is 2. The van der Waals surface area contributed by atoms with Crippen molar-refractivity contribution in [2.24, 2.45) is 12.2 Å². The molecule has 2 N–H and O–H groups in total. The summed E-state index contributed by atoms with van der Waals surface area (Å²) in [6.07, 6.45) is -0.0746. The lowest BCUT2D eigenvalue weighted by molar-refractivity contribution is 0.0653. The number of hydrogen-bond donors (Lipinski definition) is 2. The summed E-state index contributed by atoms with van der Waals surface area (Å²) in [5.74, 6) is 0.00148. The molecule has 1 aliphatic rings. The van der Waals surface area contributed by atoms with Gasteiger partial charge in [-0.2, -0.15) is 5.10 Å². The number of ether oxygens (including phenoxy) is 1. The summed E-state index contributed by atoms with van der Waals surface area (Å²) < 4.78 is 32.8. The van der Waals surface area contributed by atoms with E-state index >= 15 is 0 Å².